The van der Waals surface area contributed by atoms with E-state index in [0.29, 0.717) is 0 Å². The quantitative estimate of drug-likeness (QED) is 0.126. The number of amides is 1. The van der Waals surface area contributed by atoms with E-state index in [0.717, 1.165) is 18.7 Å². The van der Waals surface area contributed by atoms with E-state index >= 15 is 0 Å². The number of carbonyl (C=O) groups excluding carboxylic acids is 3. The van der Waals surface area contributed by atoms with Crippen LogP contribution in [-0.4, -0.2) is 64.8 Å². The molecule has 1 aromatic carbocycles. The Morgan fingerprint density at radius 3 is 2.32 bits per heavy atom. The van der Waals surface area contributed by atoms with Crippen LogP contribution in [0.2, 0.25) is 0 Å². The molecule has 0 spiro atoms. The van der Waals surface area contributed by atoms with E-state index < -0.39 is 58.2 Å². The van der Waals surface area contributed by atoms with Gasteiger partial charge >= 0.3 is 18.0 Å². The fourth-order valence-corrected chi connectivity index (χ4v) is 4.36. The van der Waals surface area contributed by atoms with Crippen molar-refractivity contribution in [1.29, 1.82) is 0 Å². The van der Waals surface area contributed by atoms with Gasteiger partial charge in [0.05, 0.1) is 6.54 Å². The summed E-state index contributed by atoms with van der Waals surface area (Å²) in [6.07, 6.45) is -4.42. The molecule has 0 aromatic heterocycles. The third kappa shape index (κ3) is 9.28. The summed E-state index contributed by atoms with van der Waals surface area (Å²) in [5.41, 5.74) is 7.88. The number of hydrogen-bond donors (Lipinski definition) is 1. The molecule has 0 aliphatic carbocycles. The SMILES string of the molecule is CC(=O)O[C@@H]1[C@@H](NC(=O)OCC(Cl)(Cl)Cl)[C@H](Sc2ccccc2)O[C@H](CN=[N+]=[N-])[C@H]1OC(C)=O. The molecule has 1 amide bonds. The van der Waals surface area contributed by atoms with Crippen molar-refractivity contribution in [2.45, 2.75) is 52.3 Å². The summed E-state index contributed by atoms with van der Waals surface area (Å²) in [7, 11) is 0. The molecule has 34 heavy (non-hydrogen) atoms. The lowest BCUT2D eigenvalue weighted by Gasteiger charge is -2.45. The molecule has 1 aliphatic rings. The Labute approximate surface area is 214 Å². The first-order chi connectivity index (χ1) is 16.0. The van der Waals surface area contributed by atoms with Crippen molar-refractivity contribution in [2.24, 2.45) is 5.11 Å². The molecular formula is C19H21Cl3N4O7S. The van der Waals surface area contributed by atoms with Crippen LogP contribution in [0.15, 0.2) is 40.3 Å². The topological polar surface area (TPSA) is 149 Å². The molecule has 0 radical (unpaired) electrons. The van der Waals surface area contributed by atoms with Crippen LogP contribution < -0.4 is 5.32 Å². The Morgan fingerprint density at radius 2 is 1.76 bits per heavy atom. The van der Waals surface area contributed by atoms with Crippen LogP contribution >= 0.6 is 46.6 Å². The minimum Gasteiger partial charge on any atom is -0.456 e. The molecule has 0 saturated carbocycles. The monoisotopic (exact) mass is 554 g/mol. The molecule has 1 heterocycles. The molecule has 186 valence electrons. The first-order valence-corrected chi connectivity index (χ1v) is 11.7. The van der Waals surface area contributed by atoms with Crippen molar-refractivity contribution in [3.8, 4) is 0 Å². The minimum atomic E-state index is -1.85. The number of nitrogens with one attached hydrogen (secondary N) is 1. The number of carbonyl (C=O) groups is 3. The molecule has 5 atom stereocenters. The number of alkyl halides is 3. The van der Waals surface area contributed by atoms with Crippen molar-refractivity contribution in [3.63, 3.8) is 0 Å². The van der Waals surface area contributed by atoms with Gasteiger partial charge in [-0.2, -0.15) is 0 Å². The summed E-state index contributed by atoms with van der Waals surface area (Å²) in [5, 5.41) is 6.05. The fourth-order valence-electron chi connectivity index (χ4n) is 3.05. The van der Waals surface area contributed by atoms with Gasteiger partial charge in [0.2, 0.25) is 3.79 Å². The molecule has 15 heteroatoms. The van der Waals surface area contributed by atoms with Crippen molar-refractivity contribution < 1.29 is 33.3 Å². The summed E-state index contributed by atoms with van der Waals surface area (Å²) in [5.74, 6) is -1.42. The summed E-state index contributed by atoms with van der Waals surface area (Å²) in [4.78, 5) is 39.7. The average Bonchev–Trinajstić information content (AvgIpc) is 2.74. The Balaban J connectivity index is 2.42. The second-order valence-corrected chi connectivity index (χ2v) is 10.6. The predicted molar refractivity (Wildman–Crippen MR) is 125 cm³/mol. The number of thioether (sulfide) groups is 1. The van der Waals surface area contributed by atoms with E-state index in [-0.39, 0.29) is 6.54 Å². The van der Waals surface area contributed by atoms with Gasteiger partial charge in [-0.3, -0.25) is 9.59 Å². The van der Waals surface area contributed by atoms with Crippen molar-refractivity contribution in [1.82, 2.24) is 5.32 Å². The van der Waals surface area contributed by atoms with Crippen LogP contribution in [0.25, 0.3) is 10.4 Å². The summed E-state index contributed by atoms with van der Waals surface area (Å²) < 4.78 is 19.9. The smallest absolute Gasteiger partial charge is 0.407 e. The van der Waals surface area contributed by atoms with Crippen molar-refractivity contribution in [3.05, 3.63) is 40.8 Å². The number of benzene rings is 1. The first-order valence-electron chi connectivity index (χ1n) is 9.72. The maximum absolute atomic E-state index is 12.5. The lowest BCUT2D eigenvalue weighted by Crippen LogP contribution is -2.65. The minimum absolute atomic E-state index is 0.234. The number of alkyl carbamates (subject to hydrolysis) is 1. The van der Waals surface area contributed by atoms with Gasteiger partial charge in [-0.1, -0.05) is 69.9 Å². The highest BCUT2D eigenvalue weighted by molar-refractivity contribution is 7.99. The molecule has 1 saturated heterocycles. The van der Waals surface area contributed by atoms with Crippen LogP contribution in [-0.2, 0) is 28.5 Å². The molecule has 1 N–H and O–H groups in total. The van der Waals surface area contributed by atoms with Crippen LogP contribution in [0.4, 0.5) is 4.79 Å². The van der Waals surface area contributed by atoms with Crippen molar-refractivity contribution >= 4 is 64.6 Å². The highest BCUT2D eigenvalue weighted by Gasteiger charge is 2.50. The molecule has 11 nitrogen and oxygen atoms in total. The van der Waals surface area contributed by atoms with Gasteiger partial charge < -0.3 is 24.3 Å². The van der Waals surface area contributed by atoms with Gasteiger partial charge in [-0.15, -0.1) is 0 Å². The Morgan fingerprint density at radius 1 is 1.15 bits per heavy atom. The van der Waals surface area contributed by atoms with Gasteiger partial charge in [-0.25, -0.2) is 4.79 Å². The maximum Gasteiger partial charge on any atom is 0.407 e. The summed E-state index contributed by atoms with van der Waals surface area (Å²) >= 11 is 18.1. The normalized spacial score (nSPS) is 24.3. The Bertz CT molecular complexity index is 915. The van der Waals surface area contributed by atoms with E-state index in [9.17, 15) is 14.4 Å². The number of nitrogens with zero attached hydrogens (tertiary/aromatic N) is 3. The van der Waals surface area contributed by atoms with E-state index in [1.54, 1.807) is 24.3 Å². The lowest BCUT2D eigenvalue weighted by atomic mass is 9.97. The number of ether oxygens (including phenoxy) is 4. The van der Waals surface area contributed by atoms with Gasteiger partial charge in [0.15, 0.2) is 12.2 Å². The summed E-state index contributed by atoms with van der Waals surface area (Å²) in [6.45, 7) is 1.51. The molecule has 1 aromatic rings. The van der Waals surface area contributed by atoms with Crippen LogP contribution in [0, 0.1) is 0 Å². The van der Waals surface area contributed by atoms with Gasteiger partial charge in [0.25, 0.3) is 0 Å². The zero-order valence-corrected chi connectivity index (χ0v) is 21.0. The predicted octanol–water partition coefficient (Wildman–Crippen LogP) is 4.14. The summed E-state index contributed by atoms with van der Waals surface area (Å²) in [6, 6.07) is 7.93. The molecule has 0 unspecified atom stereocenters. The average molecular weight is 556 g/mol. The van der Waals surface area contributed by atoms with E-state index in [4.69, 9.17) is 59.3 Å². The second kappa shape index (κ2) is 13.1. The van der Waals surface area contributed by atoms with Crippen LogP contribution in [0.1, 0.15) is 13.8 Å². The van der Waals surface area contributed by atoms with Gasteiger partial charge in [-0.05, 0) is 17.7 Å². The fraction of sp³-hybridized carbons (Fsp3) is 0.526. The molecule has 1 aliphatic heterocycles. The number of esters is 2. The molecule has 0 bridgehead atoms. The van der Waals surface area contributed by atoms with Crippen LogP contribution in [0.3, 0.4) is 0 Å². The maximum atomic E-state index is 12.5. The highest BCUT2D eigenvalue weighted by Crippen LogP contribution is 2.36. The highest BCUT2D eigenvalue weighted by atomic mass is 35.6. The third-order valence-corrected chi connectivity index (χ3v) is 5.73. The third-order valence-electron chi connectivity index (χ3n) is 4.22. The van der Waals surface area contributed by atoms with E-state index in [1.807, 2.05) is 6.07 Å². The van der Waals surface area contributed by atoms with E-state index in [2.05, 4.69) is 15.3 Å². The number of hydrogen-bond acceptors (Lipinski definition) is 9. The lowest BCUT2D eigenvalue weighted by molar-refractivity contribution is -0.201. The van der Waals surface area contributed by atoms with Crippen LogP contribution in [0.5, 0.6) is 0 Å². The standard InChI is InChI=1S/C19H21Cl3N4O7S/c1-10(27)31-15-13(8-24-26-23)33-17(34-12-6-4-3-5-7-12)14(16(15)32-11(2)28)25-18(29)30-9-19(20,21)22/h3-7,13-17H,8-9H2,1-2H3,(H,25,29)/t13-,14-,15-,16-,17+/m1/s1. The zero-order valence-electron chi connectivity index (χ0n) is 17.9. The van der Waals surface area contributed by atoms with E-state index in [1.165, 1.54) is 11.8 Å². The second-order valence-electron chi connectivity index (χ2n) is 6.90. The first kappa shape index (κ1) is 28.2. The Hall–Kier alpha value is -2.08. The Kier molecular flexibility index (Phi) is 10.9. The molecular weight excluding hydrogens is 535 g/mol. The zero-order chi connectivity index (χ0) is 25.3. The van der Waals surface area contributed by atoms with Crippen molar-refractivity contribution in [2.75, 3.05) is 13.2 Å². The number of rotatable bonds is 8. The molecule has 2 rings (SSSR count). The van der Waals surface area contributed by atoms with Gasteiger partial charge in [0.1, 0.15) is 24.2 Å². The largest absolute Gasteiger partial charge is 0.456 e. The number of azide groups is 1. The molecule has 1 fully saturated rings. The van der Waals surface area contributed by atoms with Gasteiger partial charge in [0, 0.05) is 23.7 Å². The number of halogens is 3.